The first-order chi connectivity index (χ1) is 9.15. The van der Waals surface area contributed by atoms with E-state index in [2.05, 4.69) is 36.0 Å². The predicted octanol–water partition coefficient (Wildman–Crippen LogP) is 2.04. The van der Waals surface area contributed by atoms with Gasteiger partial charge in [-0.3, -0.25) is 0 Å². The van der Waals surface area contributed by atoms with Crippen LogP contribution in [0.5, 0.6) is 0 Å². The Morgan fingerprint density at radius 2 is 1.74 bits per heavy atom. The molecule has 3 heteroatoms. The van der Waals surface area contributed by atoms with Crippen molar-refractivity contribution in [2.45, 2.75) is 45.6 Å². The van der Waals surface area contributed by atoms with Crippen LogP contribution in [0.3, 0.4) is 0 Å². The Bertz CT molecular complexity index is 248. The van der Waals surface area contributed by atoms with Crippen LogP contribution in [0.25, 0.3) is 0 Å². The van der Waals surface area contributed by atoms with Gasteiger partial charge in [0.25, 0.3) is 0 Å². The zero-order valence-corrected chi connectivity index (χ0v) is 13.2. The van der Waals surface area contributed by atoms with Crippen LogP contribution in [0.1, 0.15) is 39.5 Å². The van der Waals surface area contributed by atoms with E-state index in [1.54, 1.807) is 0 Å². The average molecular weight is 267 g/mol. The minimum Gasteiger partial charge on any atom is -0.314 e. The quantitative estimate of drug-likeness (QED) is 0.769. The van der Waals surface area contributed by atoms with Crippen molar-refractivity contribution in [2.24, 2.45) is 11.8 Å². The molecule has 2 aliphatic rings. The lowest BCUT2D eigenvalue weighted by Crippen LogP contribution is -2.45. The summed E-state index contributed by atoms with van der Waals surface area (Å²) < 4.78 is 0. The van der Waals surface area contributed by atoms with Gasteiger partial charge in [-0.05, 0) is 57.7 Å². The molecule has 112 valence electrons. The van der Waals surface area contributed by atoms with E-state index in [-0.39, 0.29) is 0 Å². The van der Waals surface area contributed by atoms with E-state index < -0.39 is 0 Å². The lowest BCUT2D eigenvalue weighted by Gasteiger charge is -2.34. The highest BCUT2D eigenvalue weighted by Gasteiger charge is 2.23. The van der Waals surface area contributed by atoms with Crippen LogP contribution >= 0.6 is 0 Å². The second-order valence-corrected chi connectivity index (χ2v) is 6.92. The molecule has 0 spiro atoms. The summed E-state index contributed by atoms with van der Waals surface area (Å²) in [6.45, 7) is 12.3. The van der Waals surface area contributed by atoms with Crippen LogP contribution in [-0.2, 0) is 0 Å². The van der Waals surface area contributed by atoms with Crippen molar-refractivity contribution in [1.29, 1.82) is 0 Å². The van der Waals surface area contributed by atoms with E-state index >= 15 is 0 Å². The third-order valence-corrected chi connectivity index (χ3v) is 5.28. The van der Waals surface area contributed by atoms with Gasteiger partial charge >= 0.3 is 0 Å². The summed E-state index contributed by atoms with van der Waals surface area (Å²) in [5.74, 6) is 1.84. The van der Waals surface area contributed by atoms with Crippen molar-refractivity contribution in [3.05, 3.63) is 0 Å². The van der Waals surface area contributed by atoms with Crippen molar-refractivity contribution in [3.63, 3.8) is 0 Å². The van der Waals surface area contributed by atoms with Gasteiger partial charge in [0.05, 0.1) is 0 Å². The Balaban J connectivity index is 1.52. The molecule has 0 amide bonds. The number of rotatable bonds is 5. The molecule has 2 rings (SSSR count). The van der Waals surface area contributed by atoms with E-state index in [4.69, 9.17) is 0 Å². The first kappa shape index (κ1) is 15.3. The highest BCUT2D eigenvalue weighted by Crippen LogP contribution is 2.29. The number of nitrogens with zero attached hydrogens (tertiary/aromatic N) is 2. The monoisotopic (exact) mass is 267 g/mol. The molecule has 3 nitrogen and oxygen atoms in total. The van der Waals surface area contributed by atoms with Gasteiger partial charge in [-0.1, -0.05) is 13.8 Å². The summed E-state index contributed by atoms with van der Waals surface area (Å²) in [6, 6.07) is 0.790. The molecule has 0 aromatic rings. The molecule has 19 heavy (non-hydrogen) atoms. The topological polar surface area (TPSA) is 18.5 Å². The molecule has 3 atom stereocenters. The molecular weight excluding hydrogens is 234 g/mol. The predicted molar refractivity (Wildman–Crippen MR) is 82.5 cm³/mol. The van der Waals surface area contributed by atoms with Crippen molar-refractivity contribution < 1.29 is 0 Å². The Labute approximate surface area is 119 Å². The Morgan fingerprint density at radius 3 is 2.42 bits per heavy atom. The van der Waals surface area contributed by atoms with Crippen LogP contribution in [0, 0.1) is 11.8 Å². The number of nitrogens with one attached hydrogen (secondary N) is 1. The molecule has 2 fully saturated rings. The van der Waals surface area contributed by atoms with Crippen LogP contribution in [0.4, 0.5) is 0 Å². The first-order valence-corrected chi connectivity index (χ1v) is 8.29. The molecule has 1 aliphatic carbocycles. The summed E-state index contributed by atoms with van der Waals surface area (Å²) in [7, 11) is 2.23. The molecule has 1 aliphatic heterocycles. The number of hydrogen-bond donors (Lipinski definition) is 1. The second-order valence-electron chi connectivity index (χ2n) is 6.92. The van der Waals surface area contributed by atoms with Gasteiger partial charge in [-0.25, -0.2) is 0 Å². The summed E-state index contributed by atoms with van der Waals surface area (Å²) in [5.41, 5.74) is 0. The zero-order chi connectivity index (χ0) is 13.7. The molecule has 0 aromatic heterocycles. The number of piperazine rings is 1. The standard InChI is InChI=1S/C16H33N3/c1-14-5-6-16(13-15(14)2)17-7-4-8-19-11-9-18(3)10-12-19/h14-17H,4-13H2,1-3H3. The van der Waals surface area contributed by atoms with Gasteiger partial charge in [0, 0.05) is 32.2 Å². The van der Waals surface area contributed by atoms with Gasteiger partial charge in [0.2, 0.25) is 0 Å². The van der Waals surface area contributed by atoms with Crippen molar-refractivity contribution in [2.75, 3.05) is 46.3 Å². The van der Waals surface area contributed by atoms with Gasteiger partial charge in [0.15, 0.2) is 0 Å². The smallest absolute Gasteiger partial charge is 0.0110 e. The molecule has 1 saturated carbocycles. The third kappa shape index (κ3) is 5.05. The fourth-order valence-corrected chi connectivity index (χ4v) is 3.41. The summed E-state index contributed by atoms with van der Waals surface area (Å²) >= 11 is 0. The molecule has 0 radical (unpaired) electrons. The maximum absolute atomic E-state index is 3.78. The van der Waals surface area contributed by atoms with E-state index in [0.29, 0.717) is 0 Å². The van der Waals surface area contributed by atoms with Crippen LogP contribution in [0.15, 0.2) is 0 Å². The van der Waals surface area contributed by atoms with E-state index in [1.807, 2.05) is 0 Å². The minimum absolute atomic E-state index is 0.790. The Hall–Kier alpha value is -0.120. The highest BCUT2D eigenvalue weighted by atomic mass is 15.2. The van der Waals surface area contributed by atoms with Gasteiger partial charge in [0.1, 0.15) is 0 Å². The fraction of sp³-hybridized carbons (Fsp3) is 1.00. The summed E-state index contributed by atoms with van der Waals surface area (Å²) in [5, 5.41) is 3.78. The highest BCUT2D eigenvalue weighted by molar-refractivity contribution is 4.79. The van der Waals surface area contributed by atoms with Crippen LogP contribution < -0.4 is 5.32 Å². The zero-order valence-electron chi connectivity index (χ0n) is 13.2. The van der Waals surface area contributed by atoms with E-state index in [9.17, 15) is 0 Å². The molecule has 1 heterocycles. The van der Waals surface area contributed by atoms with Gasteiger partial charge < -0.3 is 15.1 Å². The average Bonchev–Trinajstić information content (AvgIpc) is 2.41. The number of hydrogen-bond acceptors (Lipinski definition) is 3. The van der Waals surface area contributed by atoms with Crippen molar-refractivity contribution in [1.82, 2.24) is 15.1 Å². The molecule has 1 N–H and O–H groups in total. The number of likely N-dealkylation sites (N-methyl/N-ethyl adjacent to an activating group) is 1. The summed E-state index contributed by atoms with van der Waals surface area (Å²) in [6.07, 6.45) is 5.50. The SMILES string of the molecule is CC1CCC(NCCCN2CCN(C)CC2)CC1C. The Kier molecular flexibility index (Phi) is 6.11. The van der Waals surface area contributed by atoms with E-state index in [0.717, 1.165) is 17.9 Å². The Morgan fingerprint density at radius 1 is 1.00 bits per heavy atom. The third-order valence-electron chi connectivity index (χ3n) is 5.28. The second kappa shape index (κ2) is 7.61. The van der Waals surface area contributed by atoms with E-state index in [1.165, 1.54) is 65.0 Å². The normalized spacial score (nSPS) is 34.6. The molecule has 0 aromatic carbocycles. The first-order valence-electron chi connectivity index (χ1n) is 8.29. The van der Waals surface area contributed by atoms with Gasteiger partial charge in [-0.2, -0.15) is 0 Å². The molecule has 0 bridgehead atoms. The molecular formula is C16H33N3. The minimum atomic E-state index is 0.790. The molecule has 1 saturated heterocycles. The van der Waals surface area contributed by atoms with Crippen molar-refractivity contribution in [3.8, 4) is 0 Å². The van der Waals surface area contributed by atoms with Crippen LogP contribution in [-0.4, -0.2) is 62.2 Å². The lowest BCUT2D eigenvalue weighted by molar-refractivity contribution is 0.151. The summed E-state index contributed by atoms with van der Waals surface area (Å²) in [4.78, 5) is 5.05. The lowest BCUT2D eigenvalue weighted by atomic mass is 9.79. The molecule has 3 unspecified atom stereocenters. The van der Waals surface area contributed by atoms with Gasteiger partial charge in [-0.15, -0.1) is 0 Å². The maximum atomic E-state index is 3.78. The largest absolute Gasteiger partial charge is 0.314 e. The van der Waals surface area contributed by atoms with Crippen molar-refractivity contribution >= 4 is 0 Å². The van der Waals surface area contributed by atoms with Crippen LogP contribution in [0.2, 0.25) is 0 Å². The fourth-order valence-electron chi connectivity index (χ4n) is 3.41. The maximum Gasteiger partial charge on any atom is 0.0110 e.